The standard InChI is InChI=1S/C22H34N2O3S/c25-22(23-17-20-11-5-2-6-12-20)21-14-7-15-24(18-21)28(26,27)16-8-13-19-9-3-1-4-10-19/h1,3-4,9-10,20-21H,2,5-8,11-18H2,(H,23,25). The fraction of sp³-hybridized carbons (Fsp3) is 0.682. The van der Waals surface area contributed by atoms with Crippen molar-refractivity contribution >= 4 is 15.9 Å². The molecule has 0 spiro atoms. The zero-order chi connectivity index (χ0) is 19.8. The number of hydrogen-bond acceptors (Lipinski definition) is 3. The van der Waals surface area contributed by atoms with Gasteiger partial charge < -0.3 is 5.32 Å². The third-order valence-corrected chi connectivity index (χ3v) is 8.07. The van der Waals surface area contributed by atoms with Gasteiger partial charge in [-0.3, -0.25) is 4.79 Å². The van der Waals surface area contributed by atoms with Crippen LogP contribution in [-0.4, -0.2) is 44.0 Å². The molecule has 1 aliphatic carbocycles. The van der Waals surface area contributed by atoms with E-state index in [4.69, 9.17) is 0 Å². The average Bonchev–Trinajstić information content (AvgIpc) is 2.73. The molecule has 0 aromatic heterocycles. The fourth-order valence-electron chi connectivity index (χ4n) is 4.42. The number of carbonyl (C=O) groups is 1. The number of sulfonamides is 1. The SMILES string of the molecule is O=C(NCC1CCCCC1)C1CCCN(S(=O)(=O)CCCc2ccccc2)C1. The van der Waals surface area contributed by atoms with Crippen LogP contribution in [-0.2, 0) is 21.2 Å². The highest BCUT2D eigenvalue weighted by atomic mass is 32.2. The number of nitrogens with zero attached hydrogens (tertiary/aromatic N) is 1. The summed E-state index contributed by atoms with van der Waals surface area (Å²) in [6.45, 7) is 1.63. The molecule has 1 unspecified atom stereocenters. The first-order valence-electron chi connectivity index (χ1n) is 10.8. The summed E-state index contributed by atoms with van der Waals surface area (Å²) in [5.74, 6) is 0.577. The van der Waals surface area contributed by atoms with Gasteiger partial charge in [0.1, 0.15) is 0 Å². The summed E-state index contributed by atoms with van der Waals surface area (Å²) in [5, 5.41) is 3.10. The van der Waals surface area contributed by atoms with Crippen LogP contribution < -0.4 is 5.32 Å². The normalized spacial score (nSPS) is 22.1. The molecule has 1 atom stereocenters. The molecule has 1 N–H and O–H groups in total. The molecule has 3 rings (SSSR count). The average molecular weight is 407 g/mol. The molecule has 156 valence electrons. The summed E-state index contributed by atoms with van der Waals surface area (Å²) in [6, 6.07) is 9.98. The van der Waals surface area contributed by atoms with E-state index < -0.39 is 10.0 Å². The van der Waals surface area contributed by atoms with Crippen LogP contribution in [0.15, 0.2) is 30.3 Å². The molecule has 1 saturated heterocycles. The molecule has 1 amide bonds. The second-order valence-corrected chi connectivity index (χ2v) is 10.4. The van der Waals surface area contributed by atoms with Crippen LogP contribution in [0.25, 0.3) is 0 Å². The number of amides is 1. The Kier molecular flexibility index (Phi) is 7.91. The Labute approximate surface area is 169 Å². The number of aryl methyl sites for hydroxylation is 1. The molecule has 2 fully saturated rings. The van der Waals surface area contributed by atoms with Crippen LogP contribution in [0.2, 0.25) is 0 Å². The second-order valence-electron chi connectivity index (χ2n) is 8.35. The lowest BCUT2D eigenvalue weighted by molar-refractivity contribution is -0.126. The van der Waals surface area contributed by atoms with Crippen molar-refractivity contribution in [2.45, 2.75) is 57.8 Å². The number of piperidine rings is 1. The smallest absolute Gasteiger partial charge is 0.224 e. The molecule has 6 heteroatoms. The molecular weight excluding hydrogens is 372 g/mol. The molecule has 2 aliphatic rings. The summed E-state index contributed by atoms with van der Waals surface area (Å²) in [5.41, 5.74) is 1.16. The summed E-state index contributed by atoms with van der Waals surface area (Å²) in [6.07, 6.45) is 9.16. The lowest BCUT2D eigenvalue weighted by Crippen LogP contribution is -2.46. The van der Waals surface area contributed by atoms with Crippen LogP contribution >= 0.6 is 0 Å². The highest BCUT2D eigenvalue weighted by Crippen LogP contribution is 2.24. The topological polar surface area (TPSA) is 66.5 Å². The van der Waals surface area contributed by atoms with E-state index in [9.17, 15) is 13.2 Å². The van der Waals surface area contributed by atoms with Gasteiger partial charge in [-0.25, -0.2) is 12.7 Å². The van der Waals surface area contributed by atoms with Crippen LogP contribution in [0.1, 0.15) is 56.9 Å². The van der Waals surface area contributed by atoms with Gasteiger partial charge in [0.05, 0.1) is 11.7 Å². The zero-order valence-electron chi connectivity index (χ0n) is 16.8. The van der Waals surface area contributed by atoms with Crippen molar-refractivity contribution in [1.29, 1.82) is 0 Å². The van der Waals surface area contributed by atoms with Crippen molar-refractivity contribution < 1.29 is 13.2 Å². The van der Waals surface area contributed by atoms with E-state index in [1.165, 1.54) is 32.1 Å². The third-order valence-electron chi connectivity index (χ3n) is 6.15. The van der Waals surface area contributed by atoms with E-state index in [0.29, 0.717) is 25.4 Å². The number of hydrogen-bond donors (Lipinski definition) is 1. The van der Waals surface area contributed by atoms with E-state index in [-0.39, 0.29) is 17.6 Å². The van der Waals surface area contributed by atoms with Crippen molar-refractivity contribution in [2.75, 3.05) is 25.4 Å². The van der Waals surface area contributed by atoms with E-state index in [1.54, 1.807) is 4.31 Å². The van der Waals surface area contributed by atoms with Crippen molar-refractivity contribution in [3.05, 3.63) is 35.9 Å². The highest BCUT2D eigenvalue weighted by molar-refractivity contribution is 7.89. The maximum Gasteiger partial charge on any atom is 0.224 e. The van der Waals surface area contributed by atoms with Crippen LogP contribution in [0.4, 0.5) is 0 Å². The van der Waals surface area contributed by atoms with Gasteiger partial charge in [0.2, 0.25) is 15.9 Å². The van der Waals surface area contributed by atoms with Crippen LogP contribution in [0, 0.1) is 11.8 Å². The van der Waals surface area contributed by atoms with Gasteiger partial charge in [0.25, 0.3) is 0 Å². The third kappa shape index (κ3) is 6.31. The van der Waals surface area contributed by atoms with Gasteiger partial charge in [-0.15, -0.1) is 0 Å². The van der Waals surface area contributed by atoms with Crippen molar-refractivity contribution in [1.82, 2.24) is 9.62 Å². The summed E-state index contributed by atoms with van der Waals surface area (Å²) in [4.78, 5) is 12.6. The first-order valence-corrected chi connectivity index (χ1v) is 12.4. The Balaban J connectivity index is 1.45. The van der Waals surface area contributed by atoms with Crippen LogP contribution in [0.3, 0.4) is 0 Å². The predicted molar refractivity (Wildman–Crippen MR) is 112 cm³/mol. The van der Waals surface area contributed by atoms with Crippen molar-refractivity contribution in [3.8, 4) is 0 Å². The lowest BCUT2D eigenvalue weighted by atomic mass is 9.89. The first-order chi connectivity index (χ1) is 13.5. The number of carbonyl (C=O) groups excluding carboxylic acids is 1. The molecule has 0 bridgehead atoms. The number of benzene rings is 1. The Morgan fingerprint density at radius 3 is 2.54 bits per heavy atom. The van der Waals surface area contributed by atoms with E-state index in [1.807, 2.05) is 30.3 Å². The van der Waals surface area contributed by atoms with Gasteiger partial charge in [0.15, 0.2) is 0 Å². The Bertz CT molecular complexity index is 715. The molecule has 5 nitrogen and oxygen atoms in total. The molecule has 1 aliphatic heterocycles. The fourth-order valence-corrected chi connectivity index (χ4v) is 6.00. The predicted octanol–water partition coefficient (Wildman–Crippen LogP) is 3.36. The van der Waals surface area contributed by atoms with Gasteiger partial charge in [-0.05, 0) is 50.0 Å². The summed E-state index contributed by atoms with van der Waals surface area (Å²) in [7, 11) is -3.30. The van der Waals surface area contributed by atoms with E-state index in [0.717, 1.165) is 31.4 Å². The summed E-state index contributed by atoms with van der Waals surface area (Å²) >= 11 is 0. The maximum absolute atomic E-state index is 12.7. The molecule has 1 aromatic carbocycles. The van der Waals surface area contributed by atoms with Gasteiger partial charge in [-0.2, -0.15) is 0 Å². The quantitative estimate of drug-likeness (QED) is 0.720. The van der Waals surface area contributed by atoms with Gasteiger partial charge in [0, 0.05) is 19.6 Å². The number of nitrogens with one attached hydrogen (secondary N) is 1. The molecule has 1 heterocycles. The van der Waals surface area contributed by atoms with Crippen molar-refractivity contribution in [3.63, 3.8) is 0 Å². The first kappa shape index (κ1) is 21.3. The monoisotopic (exact) mass is 406 g/mol. The van der Waals surface area contributed by atoms with Crippen molar-refractivity contribution in [2.24, 2.45) is 11.8 Å². The summed E-state index contributed by atoms with van der Waals surface area (Å²) < 4.78 is 27.0. The van der Waals surface area contributed by atoms with Gasteiger partial charge >= 0.3 is 0 Å². The Hall–Kier alpha value is -1.40. The maximum atomic E-state index is 12.7. The van der Waals surface area contributed by atoms with E-state index in [2.05, 4.69) is 5.32 Å². The van der Waals surface area contributed by atoms with Gasteiger partial charge in [-0.1, -0.05) is 49.6 Å². The minimum Gasteiger partial charge on any atom is -0.356 e. The molecular formula is C22H34N2O3S. The van der Waals surface area contributed by atoms with E-state index >= 15 is 0 Å². The highest BCUT2D eigenvalue weighted by Gasteiger charge is 2.32. The Morgan fingerprint density at radius 1 is 1.04 bits per heavy atom. The molecule has 1 saturated carbocycles. The Morgan fingerprint density at radius 2 is 1.79 bits per heavy atom. The molecule has 28 heavy (non-hydrogen) atoms. The molecule has 0 radical (unpaired) electrons. The minimum absolute atomic E-state index is 0.0368. The zero-order valence-corrected chi connectivity index (χ0v) is 17.6. The molecule has 1 aromatic rings. The minimum atomic E-state index is -3.30. The lowest BCUT2D eigenvalue weighted by Gasteiger charge is -2.32. The van der Waals surface area contributed by atoms with Crippen LogP contribution in [0.5, 0.6) is 0 Å². The second kappa shape index (κ2) is 10.4. The number of rotatable bonds is 8. The largest absolute Gasteiger partial charge is 0.356 e.